The molecule has 0 bridgehead atoms. The second-order valence-corrected chi connectivity index (χ2v) is 8.25. The van der Waals surface area contributed by atoms with Crippen LogP contribution >= 0.6 is 0 Å². The highest BCUT2D eigenvalue weighted by molar-refractivity contribution is 5.79. The first-order valence-corrected chi connectivity index (χ1v) is 11.5. The molecule has 1 aliphatic heterocycles. The van der Waals surface area contributed by atoms with Crippen LogP contribution in [0.4, 0.5) is 0 Å². The molecule has 1 atom stereocenters. The predicted molar refractivity (Wildman–Crippen MR) is 128 cm³/mol. The average Bonchev–Trinajstić information content (AvgIpc) is 2.88. The van der Waals surface area contributed by atoms with Gasteiger partial charge in [-0.2, -0.15) is 0 Å². The molecule has 1 aromatic heterocycles. The predicted octanol–water partition coefficient (Wildman–Crippen LogP) is 4.09. The van der Waals surface area contributed by atoms with Crippen molar-refractivity contribution in [1.82, 2.24) is 15.2 Å². The second kappa shape index (κ2) is 11.5. The number of pyridine rings is 1. The number of para-hydroxylation sites is 1. The maximum atomic E-state index is 13.2. The van der Waals surface area contributed by atoms with E-state index in [0.29, 0.717) is 6.61 Å². The van der Waals surface area contributed by atoms with Gasteiger partial charge in [-0.25, -0.2) is 0 Å². The Bertz CT molecular complexity index is 1010. The van der Waals surface area contributed by atoms with E-state index in [2.05, 4.69) is 15.2 Å². The second-order valence-electron chi connectivity index (χ2n) is 8.25. The number of rotatable bonds is 9. The number of carbonyl (C=O) groups excluding carboxylic acids is 1. The van der Waals surface area contributed by atoms with E-state index < -0.39 is 0 Å². The molecule has 1 saturated heterocycles. The van der Waals surface area contributed by atoms with Gasteiger partial charge < -0.3 is 14.8 Å². The molecule has 4 rings (SSSR count). The van der Waals surface area contributed by atoms with Gasteiger partial charge in [0, 0.05) is 18.7 Å². The Kier molecular flexibility index (Phi) is 7.93. The standard InChI is InChI=1S/C27H31N3O3/c1-32-24-11-7-8-22(20-24)26(25-12-5-6-15-28-25)29-27(31)21-13-16-30(17-14-21)18-19-33-23-9-3-2-4-10-23/h2-12,15,20-21,26H,13-14,16-19H2,1H3,(H,29,31)/t26-/m0/s1. The highest BCUT2D eigenvalue weighted by Crippen LogP contribution is 2.26. The number of ether oxygens (including phenoxy) is 2. The summed E-state index contributed by atoms with van der Waals surface area (Å²) in [6.45, 7) is 3.30. The molecule has 0 spiro atoms. The highest BCUT2D eigenvalue weighted by Gasteiger charge is 2.28. The molecule has 2 aromatic carbocycles. The normalized spacial score (nSPS) is 15.5. The van der Waals surface area contributed by atoms with Gasteiger partial charge in [-0.15, -0.1) is 0 Å². The number of methoxy groups -OCH3 is 1. The van der Waals surface area contributed by atoms with Crippen LogP contribution in [0.3, 0.4) is 0 Å². The Hall–Kier alpha value is -3.38. The van der Waals surface area contributed by atoms with E-state index >= 15 is 0 Å². The van der Waals surface area contributed by atoms with E-state index in [1.165, 1.54) is 0 Å². The number of hydrogen-bond acceptors (Lipinski definition) is 5. The molecule has 1 amide bonds. The van der Waals surface area contributed by atoms with Gasteiger partial charge >= 0.3 is 0 Å². The fraction of sp³-hybridized carbons (Fsp3) is 0.333. The molecule has 3 aromatic rings. The molecule has 0 radical (unpaired) electrons. The SMILES string of the molecule is COc1cccc([C@H](NC(=O)C2CCN(CCOc3ccccc3)CC2)c2ccccn2)c1. The number of aromatic nitrogens is 1. The fourth-order valence-corrected chi connectivity index (χ4v) is 4.18. The molecule has 6 nitrogen and oxygen atoms in total. The minimum atomic E-state index is -0.314. The highest BCUT2D eigenvalue weighted by atomic mass is 16.5. The molecule has 6 heteroatoms. The van der Waals surface area contributed by atoms with E-state index in [1.54, 1.807) is 13.3 Å². The van der Waals surface area contributed by atoms with Crippen LogP contribution in [0.2, 0.25) is 0 Å². The van der Waals surface area contributed by atoms with E-state index in [1.807, 2.05) is 72.8 Å². The van der Waals surface area contributed by atoms with Gasteiger partial charge in [-0.1, -0.05) is 36.4 Å². The number of amides is 1. The zero-order valence-electron chi connectivity index (χ0n) is 19.0. The third-order valence-corrected chi connectivity index (χ3v) is 6.08. The van der Waals surface area contributed by atoms with Crippen molar-refractivity contribution in [2.75, 3.05) is 33.4 Å². The van der Waals surface area contributed by atoms with Crippen molar-refractivity contribution >= 4 is 5.91 Å². The van der Waals surface area contributed by atoms with E-state index in [0.717, 1.165) is 55.2 Å². The maximum absolute atomic E-state index is 13.2. The molecule has 172 valence electrons. The summed E-state index contributed by atoms with van der Waals surface area (Å²) in [5.74, 6) is 1.72. The van der Waals surface area contributed by atoms with Crippen LogP contribution in [0.25, 0.3) is 0 Å². The number of likely N-dealkylation sites (tertiary alicyclic amines) is 1. The summed E-state index contributed by atoms with van der Waals surface area (Å²) >= 11 is 0. The van der Waals surface area contributed by atoms with Crippen molar-refractivity contribution in [3.8, 4) is 11.5 Å². The van der Waals surface area contributed by atoms with Crippen molar-refractivity contribution in [1.29, 1.82) is 0 Å². The zero-order chi connectivity index (χ0) is 22.9. The smallest absolute Gasteiger partial charge is 0.224 e. The Labute approximate surface area is 195 Å². The zero-order valence-corrected chi connectivity index (χ0v) is 19.0. The number of piperidine rings is 1. The van der Waals surface area contributed by atoms with E-state index in [9.17, 15) is 4.79 Å². The first-order valence-electron chi connectivity index (χ1n) is 11.5. The molecular weight excluding hydrogens is 414 g/mol. The van der Waals surface area contributed by atoms with Crippen molar-refractivity contribution in [3.63, 3.8) is 0 Å². The topological polar surface area (TPSA) is 63.7 Å². The number of carbonyl (C=O) groups is 1. The molecule has 33 heavy (non-hydrogen) atoms. The maximum Gasteiger partial charge on any atom is 0.224 e. The third-order valence-electron chi connectivity index (χ3n) is 6.08. The summed E-state index contributed by atoms with van der Waals surface area (Å²) in [7, 11) is 1.64. The molecule has 0 unspecified atom stereocenters. The van der Waals surface area contributed by atoms with Gasteiger partial charge in [-0.05, 0) is 67.9 Å². The Morgan fingerprint density at radius 3 is 2.52 bits per heavy atom. The number of nitrogens with one attached hydrogen (secondary N) is 1. The van der Waals surface area contributed by atoms with Crippen LogP contribution in [0.15, 0.2) is 79.0 Å². The molecule has 1 fully saturated rings. The average molecular weight is 446 g/mol. The number of hydrogen-bond donors (Lipinski definition) is 1. The molecule has 2 heterocycles. The Morgan fingerprint density at radius 1 is 1.03 bits per heavy atom. The summed E-state index contributed by atoms with van der Waals surface area (Å²) in [6, 6.07) is 23.1. The summed E-state index contributed by atoms with van der Waals surface area (Å²) < 4.78 is 11.2. The van der Waals surface area contributed by atoms with Crippen molar-refractivity contribution in [2.24, 2.45) is 5.92 Å². The van der Waals surface area contributed by atoms with E-state index in [4.69, 9.17) is 9.47 Å². The first-order chi connectivity index (χ1) is 16.2. The summed E-state index contributed by atoms with van der Waals surface area (Å²) in [6.07, 6.45) is 3.43. The van der Waals surface area contributed by atoms with Gasteiger partial charge in [0.2, 0.25) is 5.91 Å². The largest absolute Gasteiger partial charge is 0.497 e. The Balaban J connectivity index is 1.33. The number of nitrogens with zero attached hydrogens (tertiary/aromatic N) is 2. The number of benzene rings is 2. The minimum absolute atomic E-state index is 0.00638. The van der Waals surface area contributed by atoms with Crippen molar-refractivity contribution in [2.45, 2.75) is 18.9 Å². The van der Waals surface area contributed by atoms with Crippen LogP contribution in [0.1, 0.15) is 30.1 Å². The van der Waals surface area contributed by atoms with Gasteiger partial charge in [0.05, 0.1) is 18.8 Å². The van der Waals surface area contributed by atoms with Gasteiger partial charge in [0.1, 0.15) is 18.1 Å². The lowest BCUT2D eigenvalue weighted by atomic mass is 9.94. The first kappa shape index (κ1) is 22.8. The lowest BCUT2D eigenvalue weighted by Crippen LogP contribution is -2.42. The molecule has 1 aliphatic rings. The van der Waals surface area contributed by atoms with E-state index in [-0.39, 0.29) is 17.9 Å². The minimum Gasteiger partial charge on any atom is -0.497 e. The molecular formula is C27H31N3O3. The van der Waals surface area contributed by atoms with Crippen molar-refractivity contribution in [3.05, 3.63) is 90.3 Å². The third kappa shape index (κ3) is 6.33. The van der Waals surface area contributed by atoms with Crippen LogP contribution in [-0.4, -0.2) is 49.1 Å². The summed E-state index contributed by atoms with van der Waals surface area (Å²) in [5.41, 5.74) is 1.77. The van der Waals surface area contributed by atoms with Crippen LogP contribution in [0.5, 0.6) is 11.5 Å². The quantitative estimate of drug-likeness (QED) is 0.538. The van der Waals surface area contributed by atoms with Crippen LogP contribution < -0.4 is 14.8 Å². The molecule has 0 aliphatic carbocycles. The molecule has 1 N–H and O–H groups in total. The van der Waals surface area contributed by atoms with Gasteiger partial charge in [0.25, 0.3) is 0 Å². The fourth-order valence-electron chi connectivity index (χ4n) is 4.18. The molecule has 0 saturated carbocycles. The van der Waals surface area contributed by atoms with Crippen LogP contribution in [0, 0.1) is 5.92 Å². The lowest BCUT2D eigenvalue weighted by Gasteiger charge is -2.32. The summed E-state index contributed by atoms with van der Waals surface area (Å²) in [5, 5.41) is 3.25. The summed E-state index contributed by atoms with van der Waals surface area (Å²) in [4.78, 5) is 20.1. The van der Waals surface area contributed by atoms with Gasteiger partial charge in [-0.3, -0.25) is 14.7 Å². The van der Waals surface area contributed by atoms with Gasteiger partial charge in [0.15, 0.2) is 0 Å². The Morgan fingerprint density at radius 2 is 1.79 bits per heavy atom. The lowest BCUT2D eigenvalue weighted by molar-refractivity contribution is -0.127. The van der Waals surface area contributed by atoms with Crippen molar-refractivity contribution < 1.29 is 14.3 Å². The van der Waals surface area contributed by atoms with Crippen LogP contribution in [-0.2, 0) is 4.79 Å². The monoisotopic (exact) mass is 445 g/mol.